The Morgan fingerprint density at radius 3 is 2.58 bits per heavy atom. The topological polar surface area (TPSA) is 40.5 Å². The number of aryl methyl sites for hydroxylation is 1. The first kappa shape index (κ1) is 22.6. The molecule has 0 radical (unpaired) electrons. The molecule has 10 heteroatoms. The van der Waals surface area contributed by atoms with E-state index >= 15 is 0 Å². The average molecular weight is 502 g/mol. The van der Waals surface area contributed by atoms with Crippen molar-refractivity contribution in [3.63, 3.8) is 0 Å². The summed E-state index contributed by atoms with van der Waals surface area (Å²) in [4.78, 5) is 10.2. The van der Waals surface area contributed by atoms with E-state index in [-0.39, 0.29) is 36.1 Å². The largest absolute Gasteiger partial charge is 0.416 e. The number of nitrogens with zero attached hydrogens (tertiary/aromatic N) is 3. The number of nitrogens with one attached hydrogen (secondary N) is 1. The van der Waals surface area contributed by atoms with Gasteiger partial charge in [-0.15, -0.1) is 35.3 Å². The minimum atomic E-state index is -4.62. The first-order chi connectivity index (χ1) is 11.7. The predicted molar refractivity (Wildman–Crippen MR) is 105 cm³/mol. The van der Waals surface area contributed by atoms with Gasteiger partial charge in [-0.1, -0.05) is 6.07 Å². The minimum absolute atomic E-state index is 0. The van der Waals surface area contributed by atoms with Crippen LogP contribution in [-0.4, -0.2) is 29.9 Å². The van der Waals surface area contributed by atoms with Gasteiger partial charge in [0, 0.05) is 26.0 Å². The number of halogens is 5. The summed E-state index contributed by atoms with van der Waals surface area (Å²) in [6, 6.07) is 2.64. The van der Waals surface area contributed by atoms with Crippen LogP contribution < -0.4 is 5.32 Å². The Hall–Kier alpha value is -1.43. The molecule has 0 spiro atoms. The molecule has 0 fully saturated rings. The van der Waals surface area contributed by atoms with Crippen molar-refractivity contribution in [2.24, 2.45) is 4.99 Å². The van der Waals surface area contributed by atoms with Gasteiger partial charge in [0.25, 0.3) is 0 Å². The maximum atomic E-state index is 13.2. The molecule has 144 valence electrons. The van der Waals surface area contributed by atoms with Gasteiger partial charge in [-0.05, 0) is 24.6 Å². The first-order valence-electron chi connectivity index (χ1n) is 7.39. The Labute approximate surface area is 170 Å². The normalized spacial score (nSPS) is 11.9. The maximum absolute atomic E-state index is 13.2. The number of hydrogen-bond acceptors (Lipinski definition) is 3. The van der Waals surface area contributed by atoms with Crippen molar-refractivity contribution in [1.82, 2.24) is 15.2 Å². The average Bonchev–Trinajstić information content (AvgIpc) is 2.93. The number of aliphatic imine (C=N–C) groups is 1. The van der Waals surface area contributed by atoms with Crippen LogP contribution in [0.3, 0.4) is 0 Å². The summed E-state index contributed by atoms with van der Waals surface area (Å²) in [7, 11) is 3.31. The fraction of sp³-hybridized carbons (Fsp3) is 0.375. The van der Waals surface area contributed by atoms with Crippen LogP contribution in [0.2, 0.25) is 0 Å². The summed E-state index contributed by atoms with van der Waals surface area (Å²) >= 11 is 1.52. The zero-order valence-corrected chi connectivity index (χ0v) is 17.5. The van der Waals surface area contributed by atoms with Crippen LogP contribution in [0.4, 0.5) is 17.6 Å². The van der Waals surface area contributed by atoms with E-state index in [2.05, 4.69) is 15.3 Å². The molecule has 1 aromatic heterocycles. The molecule has 2 aromatic rings. The molecule has 0 unspecified atom stereocenters. The molecule has 2 rings (SSSR count). The highest BCUT2D eigenvalue weighted by Crippen LogP contribution is 2.32. The number of alkyl halides is 3. The van der Waals surface area contributed by atoms with E-state index in [9.17, 15) is 17.6 Å². The molecule has 1 N–H and O–H groups in total. The maximum Gasteiger partial charge on any atom is 0.416 e. The summed E-state index contributed by atoms with van der Waals surface area (Å²) in [6.45, 7) is 2.25. The molecule has 0 aliphatic carbocycles. The van der Waals surface area contributed by atoms with E-state index in [4.69, 9.17) is 0 Å². The molecule has 0 amide bonds. The summed E-state index contributed by atoms with van der Waals surface area (Å²) < 4.78 is 52.3. The van der Waals surface area contributed by atoms with Gasteiger partial charge >= 0.3 is 6.18 Å². The molecule has 1 aromatic carbocycles. The van der Waals surface area contributed by atoms with Crippen LogP contribution in [0.1, 0.15) is 21.8 Å². The van der Waals surface area contributed by atoms with Gasteiger partial charge in [-0.3, -0.25) is 4.99 Å². The fourth-order valence-electron chi connectivity index (χ4n) is 2.32. The van der Waals surface area contributed by atoms with Gasteiger partial charge in [0.15, 0.2) is 5.96 Å². The molecular formula is C16H19F4IN4S. The van der Waals surface area contributed by atoms with Crippen LogP contribution in [0.15, 0.2) is 28.6 Å². The third kappa shape index (κ3) is 6.08. The lowest BCUT2D eigenvalue weighted by Gasteiger charge is -2.22. The summed E-state index contributed by atoms with van der Waals surface area (Å²) in [5.41, 5.74) is -0.188. The first-order valence-corrected chi connectivity index (χ1v) is 8.27. The Morgan fingerprint density at radius 2 is 2.04 bits per heavy atom. The fourth-order valence-corrected chi connectivity index (χ4v) is 2.93. The van der Waals surface area contributed by atoms with Crippen LogP contribution in [0.25, 0.3) is 0 Å². The monoisotopic (exact) mass is 502 g/mol. The lowest BCUT2D eigenvalue weighted by Crippen LogP contribution is -2.38. The van der Waals surface area contributed by atoms with E-state index in [1.807, 2.05) is 12.3 Å². The molecule has 0 aliphatic rings. The van der Waals surface area contributed by atoms with Gasteiger partial charge < -0.3 is 10.2 Å². The summed E-state index contributed by atoms with van der Waals surface area (Å²) in [6.07, 6.45) is -4.62. The Balaban J connectivity index is 0.00000338. The Bertz CT molecular complexity index is 761. The molecule has 4 nitrogen and oxygen atoms in total. The number of benzene rings is 1. The van der Waals surface area contributed by atoms with Crippen LogP contribution >= 0.6 is 35.3 Å². The van der Waals surface area contributed by atoms with E-state index in [1.54, 1.807) is 19.0 Å². The molecule has 0 atom stereocenters. The smallest absolute Gasteiger partial charge is 0.352 e. The standard InChI is InChI=1S/C16H18F4N4S.HI/c1-10-23-13(9-25-10)8-24(3)15(21-2)22-7-11-4-5-12(17)6-14(11)16(18,19)20;/h4-6,9H,7-8H2,1-3H3,(H,21,22);1H. The highest BCUT2D eigenvalue weighted by Gasteiger charge is 2.33. The van der Waals surface area contributed by atoms with Crippen LogP contribution in [-0.2, 0) is 19.3 Å². The zero-order chi connectivity index (χ0) is 18.6. The Morgan fingerprint density at radius 1 is 1.35 bits per heavy atom. The molecule has 26 heavy (non-hydrogen) atoms. The van der Waals surface area contributed by atoms with Gasteiger partial charge in [0.05, 0.1) is 22.8 Å². The number of guanidine groups is 1. The SMILES string of the molecule is CN=C(NCc1ccc(F)cc1C(F)(F)F)N(C)Cc1csc(C)n1.I. The Kier molecular flexibility index (Phi) is 8.25. The third-order valence-corrected chi connectivity index (χ3v) is 4.28. The van der Waals surface area contributed by atoms with Gasteiger partial charge in [-0.25, -0.2) is 9.37 Å². The van der Waals surface area contributed by atoms with E-state index in [0.29, 0.717) is 18.6 Å². The highest BCUT2D eigenvalue weighted by molar-refractivity contribution is 14.0. The van der Waals surface area contributed by atoms with Crippen molar-refractivity contribution < 1.29 is 17.6 Å². The minimum Gasteiger partial charge on any atom is -0.352 e. The second-order valence-electron chi connectivity index (χ2n) is 5.41. The van der Waals surface area contributed by atoms with Crippen molar-refractivity contribution in [3.05, 3.63) is 51.2 Å². The number of aromatic nitrogens is 1. The van der Waals surface area contributed by atoms with Crippen molar-refractivity contribution in [1.29, 1.82) is 0 Å². The molecule has 0 bridgehead atoms. The van der Waals surface area contributed by atoms with Crippen LogP contribution in [0.5, 0.6) is 0 Å². The van der Waals surface area contributed by atoms with Crippen molar-refractivity contribution in [2.75, 3.05) is 14.1 Å². The second kappa shape index (κ2) is 9.49. The van der Waals surface area contributed by atoms with E-state index < -0.39 is 17.6 Å². The predicted octanol–water partition coefficient (Wildman–Crippen LogP) is 4.43. The molecular weight excluding hydrogens is 483 g/mol. The van der Waals surface area contributed by atoms with Crippen molar-refractivity contribution >= 4 is 41.3 Å². The molecule has 0 saturated heterocycles. The van der Waals surface area contributed by atoms with Crippen molar-refractivity contribution in [3.8, 4) is 0 Å². The van der Waals surface area contributed by atoms with Crippen LogP contribution in [0, 0.1) is 12.7 Å². The molecule has 1 heterocycles. The van der Waals surface area contributed by atoms with Gasteiger partial charge in [0.1, 0.15) is 5.82 Å². The summed E-state index contributed by atoms with van der Waals surface area (Å²) in [5, 5.41) is 5.73. The zero-order valence-electron chi connectivity index (χ0n) is 14.4. The number of rotatable bonds is 4. The van der Waals surface area contributed by atoms with E-state index in [0.717, 1.165) is 22.8 Å². The van der Waals surface area contributed by atoms with Crippen molar-refractivity contribution in [2.45, 2.75) is 26.2 Å². The lowest BCUT2D eigenvalue weighted by molar-refractivity contribution is -0.138. The lowest BCUT2D eigenvalue weighted by atomic mass is 10.1. The quantitative estimate of drug-likeness (QED) is 0.291. The van der Waals surface area contributed by atoms with Gasteiger partial charge in [-0.2, -0.15) is 13.2 Å². The van der Waals surface area contributed by atoms with Gasteiger partial charge in [0.2, 0.25) is 0 Å². The number of hydrogen-bond donors (Lipinski definition) is 1. The number of thiazole rings is 1. The highest BCUT2D eigenvalue weighted by atomic mass is 127. The molecule has 0 saturated carbocycles. The third-order valence-electron chi connectivity index (χ3n) is 3.45. The second-order valence-corrected chi connectivity index (χ2v) is 6.48. The van der Waals surface area contributed by atoms with E-state index in [1.165, 1.54) is 11.3 Å². The molecule has 0 aliphatic heterocycles. The summed E-state index contributed by atoms with van der Waals surface area (Å²) in [5.74, 6) is -0.500.